The van der Waals surface area contributed by atoms with E-state index < -0.39 is 14.8 Å². The van der Waals surface area contributed by atoms with Gasteiger partial charge >= 0.3 is 0 Å². The molecule has 22 heavy (non-hydrogen) atoms. The van der Waals surface area contributed by atoms with Crippen molar-refractivity contribution >= 4 is 15.5 Å². The number of hydrogen-bond donors (Lipinski definition) is 0. The molecule has 0 saturated heterocycles. The Bertz CT molecular complexity index is 867. The SMILES string of the molecule is CS(=O)(=O)c1ccc(Oc2ccc([N+](=O)[O-])cc2C#N)cc1. The highest BCUT2D eigenvalue weighted by Gasteiger charge is 2.13. The van der Waals surface area contributed by atoms with Crippen molar-refractivity contribution in [3.63, 3.8) is 0 Å². The number of sulfone groups is 1. The zero-order valence-electron chi connectivity index (χ0n) is 11.4. The van der Waals surface area contributed by atoms with E-state index in [1.807, 2.05) is 6.07 Å². The van der Waals surface area contributed by atoms with Gasteiger partial charge in [0.2, 0.25) is 0 Å². The Hall–Kier alpha value is -2.92. The van der Waals surface area contributed by atoms with Crippen molar-refractivity contribution in [3.8, 4) is 17.6 Å². The van der Waals surface area contributed by atoms with E-state index in [1.165, 1.54) is 36.4 Å². The summed E-state index contributed by atoms with van der Waals surface area (Å²) in [5.41, 5.74) is -0.197. The van der Waals surface area contributed by atoms with Crippen LogP contribution in [0.25, 0.3) is 0 Å². The van der Waals surface area contributed by atoms with Crippen LogP contribution in [0.15, 0.2) is 47.4 Å². The first-order valence-corrected chi connectivity index (χ1v) is 7.87. The highest BCUT2D eigenvalue weighted by atomic mass is 32.2. The molecule has 2 aromatic rings. The van der Waals surface area contributed by atoms with E-state index in [-0.39, 0.29) is 21.9 Å². The van der Waals surface area contributed by atoms with Crippen molar-refractivity contribution in [3.05, 3.63) is 58.1 Å². The molecular weight excluding hydrogens is 308 g/mol. The lowest BCUT2D eigenvalue weighted by Crippen LogP contribution is -1.97. The van der Waals surface area contributed by atoms with Gasteiger partial charge in [-0.25, -0.2) is 8.42 Å². The van der Waals surface area contributed by atoms with E-state index in [2.05, 4.69) is 0 Å². The second-order valence-corrected chi connectivity index (χ2v) is 6.41. The molecule has 7 nitrogen and oxygen atoms in total. The van der Waals surface area contributed by atoms with Gasteiger partial charge in [0.15, 0.2) is 9.84 Å². The molecule has 0 N–H and O–H groups in total. The topological polar surface area (TPSA) is 110 Å². The standard InChI is InChI=1S/C14H10N2O5S/c1-22(19,20)13-5-3-12(4-6-13)21-14-7-2-11(16(17)18)8-10(14)9-15/h2-8H,1H3. The van der Waals surface area contributed by atoms with Crippen LogP contribution in [0, 0.1) is 21.4 Å². The zero-order chi connectivity index (χ0) is 16.3. The molecule has 0 spiro atoms. The molecule has 0 bridgehead atoms. The molecule has 0 unspecified atom stereocenters. The zero-order valence-corrected chi connectivity index (χ0v) is 12.2. The van der Waals surface area contributed by atoms with Crippen LogP contribution in [-0.4, -0.2) is 19.6 Å². The van der Waals surface area contributed by atoms with E-state index in [9.17, 15) is 18.5 Å². The van der Waals surface area contributed by atoms with Crippen molar-refractivity contribution in [2.24, 2.45) is 0 Å². The molecule has 2 rings (SSSR count). The van der Waals surface area contributed by atoms with Gasteiger partial charge in [-0.05, 0) is 30.3 Å². The minimum absolute atomic E-state index is 0.0152. The van der Waals surface area contributed by atoms with E-state index >= 15 is 0 Å². The van der Waals surface area contributed by atoms with Crippen molar-refractivity contribution in [2.45, 2.75) is 4.90 Å². The lowest BCUT2D eigenvalue weighted by molar-refractivity contribution is -0.384. The summed E-state index contributed by atoms with van der Waals surface area (Å²) in [7, 11) is -3.30. The first kappa shape index (κ1) is 15.5. The number of hydrogen-bond acceptors (Lipinski definition) is 6. The quantitative estimate of drug-likeness (QED) is 0.633. The van der Waals surface area contributed by atoms with Crippen molar-refractivity contribution < 1.29 is 18.1 Å². The van der Waals surface area contributed by atoms with E-state index in [0.717, 1.165) is 12.3 Å². The summed E-state index contributed by atoms with van der Waals surface area (Å²) >= 11 is 0. The summed E-state index contributed by atoms with van der Waals surface area (Å²) in [5.74, 6) is 0.470. The Kier molecular flexibility index (Phi) is 4.10. The second-order valence-electron chi connectivity index (χ2n) is 4.40. The average Bonchev–Trinajstić information content (AvgIpc) is 2.47. The maximum absolute atomic E-state index is 11.4. The molecule has 0 atom stereocenters. The van der Waals surface area contributed by atoms with Crippen LogP contribution in [0.1, 0.15) is 5.56 Å². The fourth-order valence-electron chi connectivity index (χ4n) is 1.69. The lowest BCUT2D eigenvalue weighted by atomic mass is 10.2. The third-order valence-corrected chi connectivity index (χ3v) is 3.90. The van der Waals surface area contributed by atoms with E-state index in [1.54, 1.807) is 0 Å². The Morgan fingerprint density at radius 3 is 2.32 bits per heavy atom. The highest BCUT2D eigenvalue weighted by molar-refractivity contribution is 7.90. The predicted octanol–water partition coefficient (Wildman–Crippen LogP) is 2.66. The van der Waals surface area contributed by atoms with Crippen LogP contribution in [0.4, 0.5) is 5.69 Å². The van der Waals surface area contributed by atoms with Gasteiger partial charge in [0.25, 0.3) is 5.69 Å². The number of benzene rings is 2. The molecule has 8 heteroatoms. The van der Waals surface area contributed by atoms with Gasteiger partial charge in [0.05, 0.1) is 9.82 Å². The summed E-state index contributed by atoms with van der Waals surface area (Å²) in [6, 6.07) is 11.1. The number of nitro groups is 1. The maximum Gasteiger partial charge on any atom is 0.271 e. The summed E-state index contributed by atoms with van der Waals surface area (Å²) < 4.78 is 28.2. The number of nitriles is 1. The average molecular weight is 318 g/mol. The molecular formula is C14H10N2O5S. The molecule has 0 aliphatic heterocycles. The predicted molar refractivity (Wildman–Crippen MR) is 77.4 cm³/mol. The van der Waals surface area contributed by atoms with Gasteiger partial charge in [-0.3, -0.25) is 10.1 Å². The summed E-state index contributed by atoms with van der Waals surface area (Å²) in [6.45, 7) is 0. The van der Waals surface area contributed by atoms with Gasteiger partial charge in [-0.15, -0.1) is 0 Å². The summed E-state index contributed by atoms with van der Waals surface area (Å²) in [4.78, 5) is 10.2. The van der Waals surface area contributed by atoms with Crippen LogP contribution < -0.4 is 4.74 Å². The third kappa shape index (κ3) is 3.39. The van der Waals surface area contributed by atoms with E-state index in [4.69, 9.17) is 10.00 Å². The lowest BCUT2D eigenvalue weighted by Gasteiger charge is -2.07. The number of ether oxygens (including phenoxy) is 1. The third-order valence-electron chi connectivity index (χ3n) is 2.77. The van der Waals surface area contributed by atoms with Gasteiger partial charge < -0.3 is 4.74 Å². The molecule has 0 aliphatic rings. The van der Waals surface area contributed by atoms with Crippen LogP contribution in [-0.2, 0) is 9.84 Å². The molecule has 0 aliphatic carbocycles. The maximum atomic E-state index is 11.4. The number of non-ortho nitro benzene ring substituents is 1. The first-order chi connectivity index (χ1) is 10.3. The normalized spacial score (nSPS) is 10.7. The van der Waals surface area contributed by atoms with Gasteiger partial charge in [-0.1, -0.05) is 0 Å². The van der Waals surface area contributed by atoms with Crippen LogP contribution in [0.2, 0.25) is 0 Å². The van der Waals surface area contributed by atoms with Crippen molar-refractivity contribution in [1.82, 2.24) is 0 Å². The summed E-state index contributed by atoms with van der Waals surface area (Å²) in [5, 5.41) is 19.7. The minimum Gasteiger partial charge on any atom is -0.456 e. The van der Waals surface area contributed by atoms with Gasteiger partial charge in [0, 0.05) is 18.4 Å². The Labute approximate surface area is 126 Å². The fraction of sp³-hybridized carbons (Fsp3) is 0.0714. The molecule has 0 fully saturated rings. The molecule has 0 amide bonds. The molecule has 0 aromatic heterocycles. The van der Waals surface area contributed by atoms with E-state index in [0.29, 0.717) is 5.75 Å². The number of rotatable bonds is 4. The minimum atomic E-state index is -3.30. The van der Waals surface area contributed by atoms with Crippen LogP contribution in [0.5, 0.6) is 11.5 Å². The molecule has 0 saturated carbocycles. The van der Waals surface area contributed by atoms with Crippen LogP contribution in [0.3, 0.4) is 0 Å². The molecule has 0 heterocycles. The monoisotopic (exact) mass is 318 g/mol. The largest absolute Gasteiger partial charge is 0.456 e. The Morgan fingerprint density at radius 1 is 1.18 bits per heavy atom. The van der Waals surface area contributed by atoms with Crippen molar-refractivity contribution in [1.29, 1.82) is 5.26 Å². The van der Waals surface area contributed by atoms with Crippen LogP contribution >= 0.6 is 0 Å². The highest BCUT2D eigenvalue weighted by Crippen LogP contribution is 2.28. The molecule has 0 radical (unpaired) electrons. The van der Waals surface area contributed by atoms with Gasteiger partial charge in [0.1, 0.15) is 23.1 Å². The van der Waals surface area contributed by atoms with Crippen molar-refractivity contribution in [2.75, 3.05) is 6.26 Å². The Morgan fingerprint density at radius 2 is 1.82 bits per heavy atom. The number of nitrogens with zero attached hydrogens (tertiary/aromatic N) is 2. The smallest absolute Gasteiger partial charge is 0.271 e. The molecule has 2 aromatic carbocycles. The second kappa shape index (κ2) is 5.83. The Balaban J connectivity index is 2.31. The fourth-order valence-corrected chi connectivity index (χ4v) is 2.32. The summed E-state index contributed by atoms with van der Waals surface area (Å²) in [6.07, 6.45) is 1.09. The molecule has 112 valence electrons. The number of nitro benzene ring substituents is 1. The first-order valence-electron chi connectivity index (χ1n) is 5.98. The van der Waals surface area contributed by atoms with Gasteiger partial charge in [-0.2, -0.15) is 5.26 Å².